The van der Waals surface area contributed by atoms with Crippen molar-refractivity contribution >= 4 is 11.4 Å². The van der Waals surface area contributed by atoms with Crippen LogP contribution in [-0.4, -0.2) is 24.7 Å². The van der Waals surface area contributed by atoms with Gasteiger partial charge in [0.2, 0.25) is 0 Å². The molecule has 0 aliphatic carbocycles. The number of nitrogens with two attached hydrogens (primary N) is 1. The van der Waals surface area contributed by atoms with Gasteiger partial charge in [-0.3, -0.25) is 4.98 Å². The third kappa shape index (κ3) is 3.88. The van der Waals surface area contributed by atoms with Crippen LogP contribution in [0.25, 0.3) is 0 Å². The van der Waals surface area contributed by atoms with Crippen LogP contribution in [0.2, 0.25) is 0 Å². The molecule has 0 atom stereocenters. The Morgan fingerprint density at radius 2 is 1.79 bits per heavy atom. The van der Waals surface area contributed by atoms with Crippen molar-refractivity contribution in [1.82, 2.24) is 4.98 Å². The lowest BCUT2D eigenvalue weighted by molar-refractivity contribution is 0.324. The first kappa shape index (κ1) is 13.2. The summed E-state index contributed by atoms with van der Waals surface area (Å²) >= 11 is 0. The Morgan fingerprint density at radius 1 is 1.11 bits per heavy atom. The van der Waals surface area contributed by atoms with Crippen LogP contribution in [0, 0.1) is 0 Å². The largest absolute Gasteiger partial charge is 0.492 e. The zero-order chi connectivity index (χ0) is 13.5. The number of aromatic nitrogens is 1. The van der Waals surface area contributed by atoms with E-state index in [0.29, 0.717) is 6.61 Å². The molecule has 0 unspecified atom stereocenters. The number of hydrogen-bond donors (Lipinski definition) is 1. The molecular weight excluding hydrogens is 238 g/mol. The minimum Gasteiger partial charge on any atom is -0.492 e. The number of ether oxygens (including phenoxy) is 1. The van der Waals surface area contributed by atoms with E-state index in [1.807, 2.05) is 36.4 Å². The highest BCUT2D eigenvalue weighted by Crippen LogP contribution is 2.14. The van der Waals surface area contributed by atoms with Crippen LogP contribution < -0.4 is 15.4 Å². The average molecular weight is 257 g/mol. The zero-order valence-corrected chi connectivity index (χ0v) is 11.1. The second-order valence-electron chi connectivity index (χ2n) is 4.20. The summed E-state index contributed by atoms with van der Waals surface area (Å²) < 4.78 is 5.70. The summed E-state index contributed by atoms with van der Waals surface area (Å²) in [5.41, 5.74) is 7.55. The van der Waals surface area contributed by atoms with Gasteiger partial charge in [-0.25, -0.2) is 0 Å². The molecule has 0 saturated heterocycles. The van der Waals surface area contributed by atoms with Gasteiger partial charge in [0.1, 0.15) is 12.4 Å². The van der Waals surface area contributed by atoms with Crippen LogP contribution in [0.1, 0.15) is 6.92 Å². The lowest BCUT2D eigenvalue weighted by Gasteiger charge is -2.22. The van der Waals surface area contributed by atoms with Gasteiger partial charge in [0, 0.05) is 30.3 Å². The molecule has 4 heteroatoms. The fraction of sp³-hybridized carbons (Fsp3) is 0.267. The SMILES string of the molecule is CCN(CCOc1ccc(N)cc1)c1ccncc1. The van der Waals surface area contributed by atoms with E-state index >= 15 is 0 Å². The van der Waals surface area contributed by atoms with Gasteiger partial charge in [-0.15, -0.1) is 0 Å². The van der Waals surface area contributed by atoms with Gasteiger partial charge in [-0.1, -0.05) is 0 Å². The summed E-state index contributed by atoms with van der Waals surface area (Å²) in [6.45, 7) is 4.55. The molecule has 0 saturated carbocycles. The number of benzene rings is 1. The number of nitrogens with zero attached hydrogens (tertiary/aromatic N) is 2. The zero-order valence-electron chi connectivity index (χ0n) is 11.1. The van der Waals surface area contributed by atoms with Crippen molar-refractivity contribution in [2.75, 3.05) is 30.3 Å². The highest BCUT2D eigenvalue weighted by molar-refractivity contribution is 5.44. The van der Waals surface area contributed by atoms with Gasteiger partial charge < -0.3 is 15.4 Å². The third-order valence-corrected chi connectivity index (χ3v) is 2.92. The van der Waals surface area contributed by atoms with E-state index in [1.165, 1.54) is 5.69 Å². The number of anilines is 2. The van der Waals surface area contributed by atoms with Crippen LogP contribution >= 0.6 is 0 Å². The van der Waals surface area contributed by atoms with E-state index < -0.39 is 0 Å². The van der Waals surface area contributed by atoms with E-state index in [4.69, 9.17) is 10.5 Å². The number of nitrogen functional groups attached to an aromatic ring is 1. The van der Waals surface area contributed by atoms with Gasteiger partial charge in [0.15, 0.2) is 0 Å². The summed E-state index contributed by atoms with van der Waals surface area (Å²) in [5, 5.41) is 0. The molecule has 0 aliphatic rings. The quantitative estimate of drug-likeness (QED) is 0.808. The lowest BCUT2D eigenvalue weighted by atomic mass is 10.3. The summed E-state index contributed by atoms with van der Waals surface area (Å²) in [6.07, 6.45) is 3.61. The van der Waals surface area contributed by atoms with Crippen molar-refractivity contribution in [1.29, 1.82) is 0 Å². The Bertz CT molecular complexity index is 485. The molecule has 0 amide bonds. The van der Waals surface area contributed by atoms with Gasteiger partial charge >= 0.3 is 0 Å². The molecule has 19 heavy (non-hydrogen) atoms. The molecule has 1 heterocycles. The summed E-state index contributed by atoms with van der Waals surface area (Å²) in [7, 11) is 0. The highest BCUT2D eigenvalue weighted by atomic mass is 16.5. The maximum Gasteiger partial charge on any atom is 0.119 e. The van der Waals surface area contributed by atoms with Crippen molar-refractivity contribution in [2.45, 2.75) is 6.92 Å². The minimum atomic E-state index is 0.639. The summed E-state index contributed by atoms with van der Waals surface area (Å²) in [5.74, 6) is 0.847. The number of pyridine rings is 1. The third-order valence-electron chi connectivity index (χ3n) is 2.92. The van der Waals surface area contributed by atoms with Gasteiger partial charge in [-0.2, -0.15) is 0 Å². The van der Waals surface area contributed by atoms with Crippen LogP contribution in [0.15, 0.2) is 48.8 Å². The fourth-order valence-corrected chi connectivity index (χ4v) is 1.86. The first-order chi connectivity index (χ1) is 9.29. The topological polar surface area (TPSA) is 51.4 Å². The second-order valence-corrected chi connectivity index (χ2v) is 4.20. The van der Waals surface area contributed by atoms with Crippen molar-refractivity contribution in [3.8, 4) is 5.75 Å². The molecule has 4 nitrogen and oxygen atoms in total. The van der Waals surface area contributed by atoms with Crippen LogP contribution in [0.3, 0.4) is 0 Å². The van der Waals surface area contributed by atoms with E-state index in [-0.39, 0.29) is 0 Å². The van der Waals surface area contributed by atoms with Crippen LogP contribution in [-0.2, 0) is 0 Å². The van der Waals surface area contributed by atoms with E-state index in [9.17, 15) is 0 Å². The van der Waals surface area contributed by atoms with E-state index in [1.54, 1.807) is 12.4 Å². The molecule has 0 aliphatic heterocycles. The lowest BCUT2D eigenvalue weighted by Crippen LogP contribution is -2.28. The number of hydrogen-bond acceptors (Lipinski definition) is 4. The molecular formula is C15H19N3O. The minimum absolute atomic E-state index is 0.639. The Hall–Kier alpha value is -2.23. The predicted molar refractivity (Wildman–Crippen MR) is 78.5 cm³/mol. The summed E-state index contributed by atoms with van der Waals surface area (Å²) in [4.78, 5) is 6.28. The molecule has 100 valence electrons. The van der Waals surface area contributed by atoms with Crippen molar-refractivity contribution in [2.24, 2.45) is 0 Å². The van der Waals surface area contributed by atoms with Gasteiger partial charge in [-0.05, 0) is 43.3 Å². The van der Waals surface area contributed by atoms with Crippen molar-refractivity contribution in [3.63, 3.8) is 0 Å². The average Bonchev–Trinajstić information content (AvgIpc) is 2.46. The smallest absolute Gasteiger partial charge is 0.119 e. The molecule has 0 spiro atoms. The van der Waals surface area contributed by atoms with Gasteiger partial charge in [0.05, 0.1) is 6.54 Å². The predicted octanol–water partition coefficient (Wildman–Crippen LogP) is 2.57. The normalized spacial score (nSPS) is 10.2. The molecule has 2 rings (SSSR count). The molecule has 1 aromatic carbocycles. The molecule has 0 fully saturated rings. The molecule has 0 radical (unpaired) electrons. The fourth-order valence-electron chi connectivity index (χ4n) is 1.86. The Labute approximate surface area is 113 Å². The number of rotatable bonds is 6. The monoisotopic (exact) mass is 257 g/mol. The van der Waals surface area contributed by atoms with Crippen LogP contribution in [0.5, 0.6) is 5.75 Å². The first-order valence-corrected chi connectivity index (χ1v) is 6.43. The Balaban J connectivity index is 1.85. The molecule has 2 aromatic rings. The van der Waals surface area contributed by atoms with Crippen LogP contribution in [0.4, 0.5) is 11.4 Å². The standard InChI is InChI=1S/C15H19N3O/c1-2-18(14-7-9-17-10-8-14)11-12-19-15-5-3-13(16)4-6-15/h3-10H,2,11-12,16H2,1H3. The Kier molecular flexibility index (Phi) is 4.61. The first-order valence-electron chi connectivity index (χ1n) is 6.43. The second kappa shape index (κ2) is 6.64. The maximum atomic E-state index is 5.70. The molecule has 0 bridgehead atoms. The maximum absolute atomic E-state index is 5.70. The van der Waals surface area contributed by atoms with Crippen molar-refractivity contribution < 1.29 is 4.74 Å². The highest BCUT2D eigenvalue weighted by Gasteiger charge is 2.03. The van der Waals surface area contributed by atoms with Gasteiger partial charge in [0.25, 0.3) is 0 Å². The van der Waals surface area contributed by atoms with E-state index in [2.05, 4.69) is 16.8 Å². The summed E-state index contributed by atoms with van der Waals surface area (Å²) in [6, 6.07) is 11.5. The number of likely N-dealkylation sites (N-methyl/N-ethyl adjacent to an activating group) is 1. The van der Waals surface area contributed by atoms with E-state index in [0.717, 1.165) is 24.5 Å². The Morgan fingerprint density at radius 3 is 2.42 bits per heavy atom. The molecule has 1 aromatic heterocycles. The molecule has 2 N–H and O–H groups in total. The van der Waals surface area contributed by atoms with Crippen molar-refractivity contribution in [3.05, 3.63) is 48.8 Å².